The van der Waals surface area contributed by atoms with E-state index in [0.717, 1.165) is 55.8 Å². The van der Waals surface area contributed by atoms with Crippen LogP contribution in [0.25, 0.3) is 154 Å². The average Bonchev–Trinajstić information content (AvgIpc) is 4.19. The predicted octanol–water partition coefficient (Wildman–Crippen LogP) is 18.6. The zero-order chi connectivity index (χ0) is 50.7. The van der Waals surface area contributed by atoms with E-state index in [9.17, 15) is 0 Å². The molecule has 0 aliphatic rings. The fourth-order valence-corrected chi connectivity index (χ4v) is 13.8. The molecule has 18 rings (SSSR count). The van der Waals surface area contributed by atoms with Gasteiger partial charge in [-0.1, -0.05) is 146 Å². The monoisotopic (exact) mass is 992 g/mol. The summed E-state index contributed by atoms with van der Waals surface area (Å²) in [4.78, 5) is 0. The molecule has 0 N–H and O–H groups in total. The SMILES string of the molecule is c1ccc2c(c1)c1ccccc1n2-c1ccc(-n2c3ccccc3n3c4ccc(-n5c6ccccc6c6ccccc65)cc4c4ccc5c6cc(-n7c8ccccc8c8ccccc87)ccc6n(c6ccccc62)c5c43)cc1. The van der Waals surface area contributed by atoms with Gasteiger partial charge in [0.05, 0.1) is 77.2 Å². The first kappa shape index (κ1) is 41.8. The topological polar surface area (TPSA) is 28.5 Å². The Balaban J connectivity index is 0.997. The Bertz CT molecular complexity index is 5200. The fourth-order valence-electron chi connectivity index (χ4n) is 13.8. The maximum Gasteiger partial charge on any atom is 0.0789 e. The molecule has 6 nitrogen and oxygen atoms in total. The summed E-state index contributed by atoms with van der Waals surface area (Å²) in [7, 11) is 0. The highest BCUT2D eigenvalue weighted by atomic mass is 15.1. The number of nitrogens with zero attached hydrogens (tertiary/aromatic N) is 6. The highest BCUT2D eigenvalue weighted by Gasteiger charge is 2.24. The molecule has 6 aromatic heterocycles. The third-order valence-electron chi connectivity index (χ3n) is 17.0. The van der Waals surface area contributed by atoms with Crippen LogP contribution in [0.1, 0.15) is 0 Å². The van der Waals surface area contributed by atoms with Crippen molar-refractivity contribution in [2.24, 2.45) is 0 Å². The first-order chi connectivity index (χ1) is 38.7. The second kappa shape index (κ2) is 15.5. The predicted molar refractivity (Wildman–Crippen MR) is 327 cm³/mol. The molecule has 0 bridgehead atoms. The van der Waals surface area contributed by atoms with E-state index in [0.29, 0.717) is 0 Å². The van der Waals surface area contributed by atoms with Crippen molar-refractivity contribution in [2.45, 2.75) is 0 Å². The summed E-state index contributed by atoms with van der Waals surface area (Å²) in [6.45, 7) is 0. The van der Waals surface area contributed by atoms with Crippen molar-refractivity contribution in [3.05, 3.63) is 267 Å². The van der Waals surface area contributed by atoms with Gasteiger partial charge in [0.2, 0.25) is 0 Å². The molecule has 0 aliphatic carbocycles. The molecule has 0 amide bonds. The van der Waals surface area contributed by atoms with E-state index in [2.05, 4.69) is 294 Å². The van der Waals surface area contributed by atoms with Crippen LogP contribution in [0.5, 0.6) is 0 Å². The molecule has 18 aromatic rings. The standard InChI is InChI=1S/C72H44N6/c1-7-23-59-49(17-1)50-18-2-8-24-60(50)73(59)45-33-35-46(36-34-45)74-67-29-13-15-31-69(67)77-65-41-37-47(75-61-25-9-3-19-51(61)52-20-4-10-26-62(52)75)43-57(65)55-39-40-56-58-44-48(76-63-27-11-5-21-53(63)54-22-6-12-28-64(54)76)38-42-66(58)78(72(56)71(55)77)70-32-16-14-30-68(70)74/h1-44H. The number of rotatable bonds is 4. The van der Waals surface area contributed by atoms with Crippen molar-refractivity contribution in [1.29, 1.82) is 0 Å². The quantitative estimate of drug-likeness (QED) is 0.168. The van der Waals surface area contributed by atoms with Gasteiger partial charge in [0.25, 0.3) is 0 Å². The zero-order valence-corrected chi connectivity index (χ0v) is 42.1. The van der Waals surface area contributed by atoms with Crippen LogP contribution in [0.15, 0.2) is 267 Å². The molecule has 0 aliphatic heterocycles. The van der Waals surface area contributed by atoms with Crippen LogP contribution in [0, 0.1) is 0 Å². The third-order valence-corrected chi connectivity index (χ3v) is 17.0. The Hall–Kier alpha value is -10.6. The smallest absolute Gasteiger partial charge is 0.0789 e. The van der Waals surface area contributed by atoms with Gasteiger partial charge in [0.1, 0.15) is 0 Å². The first-order valence-electron chi connectivity index (χ1n) is 26.9. The lowest BCUT2D eigenvalue weighted by Crippen LogP contribution is -2.01. The Morgan fingerprint density at radius 1 is 0.154 bits per heavy atom. The molecule has 0 unspecified atom stereocenters. The molecule has 0 saturated carbocycles. The molecular weight excluding hydrogens is 949 g/mol. The van der Waals surface area contributed by atoms with Crippen molar-refractivity contribution in [3.8, 4) is 22.7 Å². The van der Waals surface area contributed by atoms with E-state index in [4.69, 9.17) is 0 Å². The summed E-state index contributed by atoms with van der Waals surface area (Å²) < 4.78 is 14.9. The van der Waals surface area contributed by atoms with E-state index in [1.54, 1.807) is 0 Å². The summed E-state index contributed by atoms with van der Waals surface area (Å²) in [5.74, 6) is 0. The van der Waals surface area contributed by atoms with Crippen molar-refractivity contribution in [1.82, 2.24) is 27.1 Å². The average molecular weight is 993 g/mol. The molecule has 12 aromatic carbocycles. The normalized spacial score (nSPS) is 12.4. The summed E-state index contributed by atoms with van der Waals surface area (Å²) in [6.07, 6.45) is 0. The fraction of sp³-hybridized carbons (Fsp3) is 0. The summed E-state index contributed by atoms with van der Waals surface area (Å²) in [6, 6.07) is 98.9. The van der Waals surface area contributed by atoms with Gasteiger partial charge in [0.15, 0.2) is 0 Å². The van der Waals surface area contributed by atoms with Gasteiger partial charge < -0.3 is 27.1 Å². The van der Waals surface area contributed by atoms with Crippen LogP contribution < -0.4 is 0 Å². The van der Waals surface area contributed by atoms with E-state index < -0.39 is 0 Å². The molecule has 0 atom stereocenters. The number of hydrogen-bond donors (Lipinski definition) is 0. The van der Waals surface area contributed by atoms with Gasteiger partial charge in [-0.05, 0) is 121 Å². The molecule has 6 heterocycles. The van der Waals surface area contributed by atoms with Crippen molar-refractivity contribution >= 4 is 131 Å². The van der Waals surface area contributed by atoms with E-state index in [-0.39, 0.29) is 0 Å². The highest BCUT2D eigenvalue weighted by Crippen LogP contribution is 2.44. The lowest BCUT2D eigenvalue weighted by molar-refractivity contribution is 1.13. The molecule has 0 fully saturated rings. The molecule has 362 valence electrons. The number of benzene rings is 12. The van der Waals surface area contributed by atoms with E-state index in [1.165, 1.54) is 98.0 Å². The van der Waals surface area contributed by atoms with Crippen LogP contribution in [0.3, 0.4) is 0 Å². The van der Waals surface area contributed by atoms with Crippen molar-refractivity contribution in [3.63, 3.8) is 0 Å². The maximum atomic E-state index is 2.56. The van der Waals surface area contributed by atoms with Crippen molar-refractivity contribution < 1.29 is 0 Å². The van der Waals surface area contributed by atoms with E-state index in [1.807, 2.05) is 0 Å². The second-order valence-electron chi connectivity index (χ2n) is 20.9. The maximum absolute atomic E-state index is 2.56. The van der Waals surface area contributed by atoms with Gasteiger partial charge in [-0.25, -0.2) is 0 Å². The van der Waals surface area contributed by atoms with Gasteiger partial charge in [-0.2, -0.15) is 0 Å². The van der Waals surface area contributed by atoms with E-state index >= 15 is 0 Å². The minimum atomic E-state index is 1.06. The minimum absolute atomic E-state index is 1.06. The summed E-state index contributed by atoms with van der Waals surface area (Å²) in [5, 5.41) is 12.3. The minimum Gasteiger partial charge on any atom is -0.309 e. The summed E-state index contributed by atoms with van der Waals surface area (Å²) >= 11 is 0. The molecule has 0 spiro atoms. The zero-order valence-electron chi connectivity index (χ0n) is 42.1. The number of hydrogen-bond acceptors (Lipinski definition) is 0. The summed E-state index contributed by atoms with van der Waals surface area (Å²) in [5.41, 5.74) is 20.6. The number of aromatic nitrogens is 6. The number of para-hydroxylation sites is 10. The molecule has 0 radical (unpaired) electrons. The van der Waals surface area contributed by atoms with Gasteiger partial charge in [-0.15, -0.1) is 0 Å². The second-order valence-corrected chi connectivity index (χ2v) is 20.9. The Kier molecular flexibility index (Phi) is 8.30. The van der Waals surface area contributed by atoms with Crippen LogP contribution in [0.2, 0.25) is 0 Å². The third kappa shape index (κ3) is 5.49. The van der Waals surface area contributed by atoms with Crippen LogP contribution in [0.4, 0.5) is 0 Å². The van der Waals surface area contributed by atoms with Gasteiger partial charge in [0, 0.05) is 76.6 Å². The van der Waals surface area contributed by atoms with Gasteiger partial charge in [-0.3, -0.25) is 0 Å². The van der Waals surface area contributed by atoms with Gasteiger partial charge >= 0.3 is 0 Å². The van der Waals surface area contributed by atoms with Crippen LogP contribution in [-0.4, -0.2) is 27.1 Å². The lowest BCUT2D eigenvalue weighted by Gasteiger charge is -2.15. The first-order valence-corrected chi connectivity index (χ1v) is 26.9. The lowest BCUT2D eigenvalue weighted by atomic mass is 10.1. The Morgan fingerprint density at radius 3 is 0.718 bits per heavy atom. The van der Waals surface area contributed by atoms with Crippen LogP contribution >= 0.6 is 0 Å². The largest absolute Gasteiger partial charge is 0.309 e. The Labute approximate surface area is 445 Å². The molecular formula is C72H44N6. The van der Waals surface area contributed by atoms with Crippen LogP contribution in [-0.2, 0) is 0 Å². The molecule has 0 saturated heterocycles. The highest BCUT2D eigenvalue weighted by molar-refractivity contribution is 6.25. The molecule has 6 heteroatoms. The Morgan fingerprint density at radius 2 is 0.397 bits per heavy atom. The molecule has 78 heavy (non-hydrogen) atoms. The van der Waals surface area contributed by atoms with Crippen molar-refractivity contribution in [2.75, 3.05) is 0 Å². The number of fused-ring (bicyclic) bond motifs is 19.